The number of hydrogen-bond donors (Lipinski definition) is 0. The van der Waals surface area contributed by atoms with Crippen LogP contribution in [-0.4, -0.2) is 31.4 Å². The third kappa shape index (κ3) is 3.68. The summed E-state index contributed by atoms with van der Waals surface area (Å²) in [7, 11) is -2.73. The molecule has 4 heteroatoms. The molecule has 0 saturated heterocycles. The summed E-state index contributed by atoms with van der Waals surface area (Å²) in [6, 6.07) is 20.3. The van der Waals surface area contributed by atoms with Gasteiger partial charge in [-0.2, -0.15) is 0 Å². The second-order valence-corrected chi connectivity index (χ2v) is 7.43. The van der Waals surface area contributed by atoms with Crippen LogP contribution in [0.2, 0.25) is 6.04 Å². The third-order valence-corrected chi connectivity index (χ3v) is 6.51. The van der Waals surface area contributed by atoms with Gasteiger partial charge in [0.15, 0.2) is 0 Å². The maximum Gasteiger partial charge on any atom is 2.00 e. The van der Waals surface area contributed by atoms with E-state index in [1.165, 1.54) is 0 Å². The first-order chi connectivity index (χ1) is 7.77. The van der Waals surface area contributed by atoms with Gasteiger partial charge in [0.25, 0.3) is 0 Å². The topological polar surface area (TPSA) is 23.1 Å². The van der Waals surface area contributed by atoms with E-state index < -0.39 is 8.32 Å². The first-order valence-corrected chi connectivity index (χ1v) is 7.70. The molecule has 0 spiro atoms. The van der Waals surface area contributed by atoms with Crippen molar-refractivity contribution >= 4 is 41.7 Å². The zero-order valence-corrected chi connectivity index (χ0v) is 14.5. The predicted molar refractivity (Wildman–Crippen MR) is 74.1 cm³/mol. The van der Waals surface area contributed by atoms with E-state index in [9.17, 15) is 4.80 Å². The van der Waals surface area contributed by atoms with Gasteiger partial charge in [-0.15, -0.1) is 0 Å². The van der Waals surface area contributed by atoms with Crippen LogP contribution in [0.25, 0.3) is 0 Å². The van der Waals surface area contributed by atoms with Crippen molar-refractivity contribution < 1.29 is 21.8 Å². The van der Waals surface area contributed by atoms with E-state index in [0.717, 1.165) is 10.4 Å². The van der Waals surface area contributed by atoms with E-state index in [-0.39, 0.29) is 40.0 Å². The van der Waals surface area contributed by atoms with Gasteiger partial charge in [-0.3, -0.25) is 0 Å². The summed E-state index contributed by atoms with van der Waals surface area (Å²) in [5.41, 5.74) is 0. The zero-order valence-electron chi connectivity index (χ0n) is 10.5. The maximum atomic E-state index is 13.0. The first kappa shape index (κ1) is 17.9. The van der Waals surface area contributed by atoms with Crippen LogP contribution in [0.5, 0.6) is 0 Å². The van der Waals surface area contributed by atoms with Crippen molar-refractivity contribution in [3.8, 4) is 0 Å². The monoisotopic (exact) mass is 330 g/mol. The normalized spacial score (nSPS) is 10.1. The fourth-order valence-corrected chi connectivity index (χ4v) is 4.60. The Morgan fingerprint density at radius 2 is 1.17 bits per heavy atom. The van der Waals surface area contributed by atoms with Gasteiger partial charge in [0.2, 0.25) is 0 Å². The Morgan fingerprint density at radius 1 is 0.833 bits per heavy atom. The molecule has 0 fully saturated rings. The number of benzene rings is 2. The maximum absolute atomic E-state index is 13.0. The predicted octanol–water partition coefficient (Wildman–Crippen LogP) is -2.25. The van der Waals surface area contributed by atoms with Crippen LogP contribution in [-0.2, 0) is 0 Å². The zero-order chi connectivity index (χ0) is 11.4. The Kier molecular flexibility index (Phi) is 8.06. The van der Waals surface area contributed by atoms with E-state index in [4.69, 9.17) is 0 Å². The number of rotatable bonds is 3. The van der Waals surface area contributed by atoms with Crippen molar-refractivity contribution in [2.75, 3.05) is 0 Å². The molecule has 90 valence electrons. The second-order valence-electron chi connectivity index (χ2n) is 3.91. The van der Waals surface area contributed by atoms with Crippen LogP contribution in [0.3, 0.4) is 0 Å². The average molecular weight is 332 g/mol. The smallest absolute Gasteiger partial charge is 1.00 e. The molecular weight excluding hydrogens is 316 g/mol. The van der Waals surface area contributed by atoms with Gasteiger partial charge in [0.1, 0.15) is 0 Å². The molecule has 1 nitrogen and oxygen atoms in total. The molecule has 0 atom stereocenters. The van der Waals surface area contributed by atoms with Gasteiger partial charge < -0.3 is 21.8 Å². The fourth-order valence-electron chi connectivity index (χ4n) is 1.99. The standard InChI is InChI=1S/C14H15OSi.BrH.Mg/c1-2-16(15,13-9-5-3-6-10-13)14-11-7-4-8-12-14;;/h3-12H,2H2,1H3;1H;/q-1;;+2/p-1. The molecule has 0 heterocycles. The van der Waals surface area contributed by atoms with Crippen LogP contribution >= 0.6 is 0 Å². The molecule has 0 aliphatic heterocycles. The molecule has 0 unspecified atom stereocenters. The van der Waals surface area contributed by atoms with Crippen molar-refractivity contribution in [2.24, 2.45) is 0 Å². The minimum absolute atomic E-state index is 0. The second kappa shape index (κ2) is 8.12. The Balaban J connectivity index is 0.00000144. The van der Waals surface area contributed by atoms with Gasteiger partial charge in [-0.1, -0.05) is 84.0 Å². The molecule has 2 aromatic rings. The summed E-state index contributed by atoms with van der Waals surface area (Å²) in [4.78, 5) is 13.0. The van der Waals surface area contributed by atoms with E-state index in [1.807, 2.05) is 67.6 Å². The van der Waals surface area contributed by atoms with Gasteiger partial charge in [0, 0.05) is 8.32 Å². The molecule has 0 aliphatic carbocycles. The summed E-state index contributed by atoms with van der Waals surface area (Å²) in [5, 5.41) is 1.95. The molecule has 0 amide bonds. The average Bonchev–Trinajstić information content (AvgIpc) is 2.40. The van der Waals surface area contributed by atoms with Gasteiger partial charge in [-0.25, -0.2) is 0 Å². The molecule has 0 bridgehead atoms. The summed E-state index contributed by atoms with van der Waals surface area (Å²) in [6.45, 7) is 2.00. The van der Waals surface area contributed by atoms with Crippen molar-refractivity contribution in [3.63, 3.8) is 0 Å². The Hall–Kier alpha value is -0.137. The first-order valence-electron chi connectivity index (χ1n) is 5.59. The van der Waals surface area contributed by atoms with Gasteiger partial charge in [0.05, 0.1) is 0 Å². The molecule has 18 heavy (non-hydrogen) atoms. The van der Waals surface area contributed by atoms with E-state index in [2.05, 4.69) is 0 Å². The molecule has 0 N–H and O–H groups in total. The van der Waals surface area contributed by atoms with Crippen molar-refractivity contribution in [1.82, 2.24) is 0 Å². The minimum atomic E-state index is -2.73. The van der Waals surface area contributed by atoms with Crippen LogP contribution in [0.1, 0.15) is 6.92 Å². The van der Waals surface area contributed by atoms with E-state index in [0.29, 0.717) is 6.04 Å². The number of hydrogen-bond acceptors (Lipinski definition) is 1. The van der Waals surface area contributed by atoms with Crippen LogP contribution < -0.4 is 32.2 Å². The molecule has 2 rings (SSSR count). The number of halogens is 1. The minimum Gasteiger partial charge on any atom is -1.00 e. The van der Waals surface area contributed by atoms with Crippen molar-refractivity contribution in [2.45, 2.75) is 13.0 Å². The Bertz CT molecular complexity index is 410. The fraction of sp³-hybridized carbons (Fsp3) is 0.143. The van der Waals surface area contributed by atoms with Crippen molar-refractivity contribution in [3.05, 3.63) is 60.7 Å². The molecular formula is C14H15BrMgOSi. The molecule has 0 aromatic heterocycles. The third-order valence-electron chi connectivity index (χ3n) is 2.98. The SMILES string of the molecule is CC[Si]([O-])(c1ccccc1)c1ccccc1.[Br-].[Mg+2]. The quantitative estimate of drug-likeness (QED) is 0.583. The van der Waals surface area contributed by atoms with E-state index in [1.54, 1.807) is 0 Å². The molecule has 0 radical (unpaired) electrons. The summed E-state index contributed by atoms with van der Waals surface area (Å²) < 4.78 is 0. The largest absolute Gasteiger partial charge is 2.00 e. The Labute approximate surface area is 136 Å². The summed E-state index contributed by atoms with van der Waals surface area (Å²) in [5.74, 6) is 0. The Morgan fingerprint density at radius 3 is 1.44 bits per heavy atom. The molecule has 0 saturated carbocycles. The van der Waals surface area contributed by atoms with Crippen LogP contribution in [0, 0.1) is 0 Å². The van der Waals surface area contributed by atoms with Gasteiger partial charge >= 0.3 is 23.1 Å². The molecule has 2 aromatic carbocycles. The van der Waals surface area contributed by atoms with Crippen LogP contribution in [0.15, 0.2) is 60.7 Å². The van der Waals surface area contributed by atoms with Gasteiger partial charge in [-0.05, 0) is 0 Å². The molecule has 0 aliphatic rings. The van der Waals surface area contributed by atoms with Crippen LogP contribution in [0.4, 0.5) is 0 Å². The summed E-state index contributed by atoms with van der Waals surface area (Å²) >= 11 is 0. The summed E-state index contributed by atoms with van der Waals surface area (Å²) in [6.07, 6.45) is 0. The van der Waals surface area contributed by atoms with Crippen molar-refractivity contribution in [1.29, 1.82) is 0 Å². The van der Waals surface area contributed by atoms with E-state index >= 15 is 0 Å².